The lowest BCUT2D eigenvalue weighted by Gasteiger charge is -2.63. The lowest BCUT2D eigenvalue weighted by Crippen LogP contribution is -2.62. The molecule has 3 N–H and O–H groups in total. The minimum atomic E-state index is -1.09. The Morgan fingerprint density at radius 1 is 1.02 bits per heavy atom. The molecule has 6 rings (SSSR count). The molecule has 0 radical (unpaired) electrons. The van der Waals surface area contributed by atoms with E-state index in [4.69, 9.17) is 13.9 Å². The van der Waals surface area contributed by atoms with Gasteiger partial charge in [0.25, 0.3) is 0 Å². The zero-order valence-electron chi connectivity index (χ0n) is 32.1. The Morgan fingerprint density at radius 2 is 1.78 bits per heavy atom. The lowest BCUT2D eigenvalue weighted by atomic mass is 9.43. The van der Waals surface area contributed by atoms with E-state index >= 15 is 0 Å². The van der Waals surface area contributed by atoms with Crippen molar-refractivity contribution in [2.24, 2.45) is 35.6 Å². The van der Waals surface area contributed by atoms with E-state index in [1.54, 1.807) is 30.2 Å². The van der Waals surface area contributed by atoms with Gasteiger partial charge in [0.15, 0.2) is 0 Å². The molecule has 0 aliphatic heterocycles. The summed E-state index contributed by atoms with van der Waals surface area (Å²) in [5.41, 5.74) is -0.587. The van der Waals surface area contributed by atoms with Crippen molar-refractivity contribution in [1.82, 2.24) is 14.9 Å². The predicted molar refractivity (Wildman–Crippen MR) is 196 cm³/mol. The highest BCUT2D eigenvalue weighted by Gasteiger charge is 2.70. The molecule has 4 aliphatic rings. The van der Waals surface area contributed by atoms with Gasteiger partial charge in [-0.25, -0.2) is 14.6 Å². The van der Waals surface area contributed by atoms with Crippen molar-refractivity contribution in [3.63, 3.8) is 0 Å². The first-order valence-electron chi connectivity index (χ1n) is 19.8. The second kappa shape index (κ2) is 16.0. The second-order valence-electron chi connectivity index (χ2n) is 17.1. The fourth-order valence-corrected chi connectivity index (χ4v) is 11.2. The molecule has 13 nitrogen and oxygen atoms in total. The van der Waals surface area contributed by atoms with Crippen molar-refractivity contribution in [3.05, 3.63) is 52.6 Å². The van der Waals surface area contributed by atoms with Gasteiger partial charge in [-0.15, -0.1) is 0 Å². The minimum absolute atomic E-state index is 0.00718. The van der Waals surface area contributed by atoms with Crippen LogP contribution in [0.2, 0.25) is 0 Å². The quantitative estimate of drug-likeness (QED) is 0.170. The summed E-state index contributed by atoms with van der Waals surface area (Å²) < 4.78 is 18.9. The van der Waals surface area contributed by atoms with Crippen LogP contribution in [0.1, 0.15) is 128 Å². The molecule has 4 aliphatic carbocycles. The molecule has 0 aromatic carbocycles. The molecule has 4 fully saturated rings. The van der Waals surface area contributed by atoms with Gasteiger partial charge in [0.05, 0.1) is 18.2 Å². The first-order valence-corrected chi connectivity index (χ1v) is 19.8. The number of hydrogen-bond acceptors (Lipinski definition) is 10. The number of carboxylic acid groups (broad SMARTS) is 1. The highest BCUT2D eigenvalue weighted by atomic mass is 16.5. The van der Waals surface area contributed by atoms with Crippen molar-refractivity contribution in [1.29, 1.82) is 0 Å². The second-order valence-corrected chi connectivity index (χ2v) is 17.1. The Labute approximate surface area is 316 Å². The van der Waals surface area contributed by atoms with Crippen LogP contribution in [0.4, 0.5) is 0 Å². The van der Waals surface area contributed by atoms with E-state index in [0.717, 1.165) is 69.0 Å². The molecule has 54 heavy (non-hydrogen) atoms. The number of aliphatic hydroxyl groups is 1. The number of ether oxygens (including phenoxy) is 2. The van der Waals surface area contributed by atoms with Crippen LogP contribution in [0.5, 0.6) is 0 Å². The molecular formula is C41H57N3O10. The topological polar surface area (TPSA) is 187 Å². The first-order chi connectivity index (χ1) is 25.6. The van der Waals surface area contributed by atoms with E-state index < -0.39 is 40.7 Å². The maximum atomic E-state index is 12.9. The number of carboxylic acids is 1. The molecule has 1 amide bonds. The van der Waals surface area contributed by atoms with E-state index in [1.165, 1.54) is 19.3 Å². The number of aromatic nitrogens is 2. The summed E-state index contributed by atoms with van der Waals surface area (Å²) in [5, 5.41) is 24.9. The smallest absolute Gasteiger partial charge is 0.335 e. The number of aryl methyl sites for hydroxylation is 1. The van der Waals surface area contributed by atoms with Crippen molar-refractivity contribution < 1.29 is 43.3 Å². The van der Waals surface area contributed by atoms with Gasteiger partial charge < -0.3 is 34.0 Å². The molecule has 2 aromatic heterocycles. The van der Waals surface area contributed by atoms with Crippen LogP contribution >= 0.6 is 0 Å². The standard InChI is InChI=1S/C41H57N3O10/c1-25(45)53-33-21-41(51)31-13-12-27-19-29(15-17-39(27,2)30(31)16-18-40(41,3)37(33)26-11-14-35(47)52-23-26)54-36(48)10-8-6-5-7-9-34(46)43-32(38(49)50)20-28-22-42-24-44(28)4/h11,14,22-24,27,29-33,37,51H,5-10,12-13,15-21H2,1-4H3,(H,43,46)(H,49,50)/t27-,29+,30+,31-,32+,33+,37+,39+,40-,41+/m1/s1. The third-order valence-corrected chi connectivity index (χ3v) is 14.0. The molecule has 296 valence electrons. The summed E-state index contributed by atoms with van der Waals surface area (Å²) in [6.07, 6.45) is 13.8. The number of rotatable bonds is 14. The van der Waals surface area contributed by atoms with E-state index in [-0.39, 0.29) is 54.0 Å². The normalized spacial score (nSPS) is 33.4. The van der Waals surface area contributed by atoms with Crippen LogP contribution in [0.25, 0.3) is 0 Å². The fraction of sp³-hybridized carbons (Fsp3) is 0.707. The minimum Gasteiger partial charge on any atom is -0.480 e. The third-order valence-electron chi connectivity index (χ3n) is 14.0. The molecule has 13 heteroatoms. The molecule has 2 heterocycles. The van der Waals surface area contributed by atoms with Gasteiger partial charge in [0.2, 0.25) is 5.91 Å². The highest BCUT2D eigenvalue weighted by molar-refractivity contribution is 5.83. The Morgan fingerprint density at radius 3 is 2.44 bits per heavy atom. The Kier molecular flexibility index (Phi) is 11.8. The number of imidazole rings is 1. The van der Waals surface area contributed by atoms with Crippen LogP contribution in [0.15, 0.2) is 40.1 Å². The average molecular weight is 752 g/mol. The zero-order valence-corrected chi connectivity index (χ0v) is 32.1. The van der Waals surface area contributed by atoms with E-state index in [1.807, 2.05) is 0 Å². The summed E-state index contributed by atoms with van der Waals surface area (Å²) >= 11 is 0. The Balaban J connectivity index is 0.963. The zero-order chi connectivity index (χ0) is 38.8. The summed E-state index contributed by atoms with van der Waals surface area (Å²) in [7, 11) is 1.78. The first kappa shape index (κ1) is 39.7. The van der Waals surface area contributed by atoms with Gasteiger partial charge in [-0.2, -0.15) is 0 Å². The Bertz CT molecular complexity index is 1740. The molecule has 0 unspecified atom stereocenters. The molecule has 2 aromatic rings. The summed E-state index contributed by atoms with van der Waals surface area (Å²) in [5.74, 6) is -1.58. The van der Waals surface area contributed by atoms with Crippen molar-refractivity contribution >= 4 is 23.8 Å². The van der Waals surface area contributed by atoms with E-state index in [9.17, 15) is 34.2 Å². The average Bonchev–Trinajstić information content (AvgIpc) is 3.62. The number of aliphatic carboxylic acids is 1. The summed E-state index contributed by atoms with van der Waals surface area (Å²) in [4.78, 5) is 65.0. The van der Waals surface area contributed by atoms with Gasteiger partial charge >= 0.3 is 23.5 Å². The van der Waals surface area contributed by atoms with Gasteiger partial charge in [0, 0.05) is 68.9 Å². The molecule has 0 spiro atoms. The number of nitrogens with one attached hydrogen (secondary N) is 1. The van der Waals surface area contributed by atoms with Gasteiger partial charge in [-0.3, -0.25) is 14.4 Å². The maximum Gasteiger partial charge on any atom is 0.335 e. The lowest BCUT2D eigenvalue weighted by molar-refractivity contribution is -0.207. The highest BCUT2D eigenvalue weighted by Crippen LogP contribution is 2.71. The van der Waals surface area contributed by atoms with Crippen molar-refractivity contribution in [2.75, 3.05) is 0 Å². The number of hydrogen-bond donors (Lipinski definition) is 3. The van der Waals surface area contributed by atoms with Crippen molar-refractivity contribution in [3.8, 4) is 0 Å². The maximum absolute atomic E-state index is 12.9. The summed E-state index contributed by atoms with van der Waals surface area (Å²) in [6.45, 7) is 5.88. The number of amides is 1. The van der Waals surface area contributed by atoms with Crippen molar-refractivity contribution in [2.45, 2.75) is 147 Å². The predicted octanol–water partition coefficient (Wildman–Crippen LogP) is 5.22. The van der Waals surface area contributed by atoms with Crippen LogP contribution in [-0.4, -0.2) is 67.4 Å². The molecular weight excluding hydrogens is 694 g/mol. The largest absolute Gasteiger partial charge is 0.480 e. The van der Waals surface area contributed by atoms with Crippen LogP contribution in [-0.2, 0) is 42.1 Å². The van der Waals surface area contributed by atoms with Crippen LogP contribution in [0, 0.1) is 28.6 Å². The number of fused-ring (bicyclic) bond motifs is 5. The van der Waals surface area contributed by atoms with E-state index in [2.05, 4.69) is 24.1 Å². The van der Waals surface area contributed by atoms with Crippen LogP contribution in [0.3, 0.4) is 0 Å². The monoisotopic (exact) mass is 751 g/mol. The fourth-order valence-electron chi connectivity index (χ4n) is 11.2. The number of nitrogens with zero attached hydrogens (tertiary/aromatic N) is 2. The van der Waals surface area contributed by atoms with Gasteiger partial charge in [-0.1, -0.05) is 26.7 Å². The van der Waals surface area contributed by atoms with Gasteiger partial charge in [0.1, 0.15) is 18.2 Å². The number of carbonyl (C=O) groups is 4. The molecule has 4 saturated carbocycles. The van der Waals surface area contributed by atoms with Gasteiger partial charge in [-0.05, 0) is 92.6 Å². The molecule has 0 bridgehead atoms. The number of unbranched alkanes of at least 4 members (excludes halogenated alkanes) is 3. The Hall–Kier alpha value is -4.00. The van der Waals surface area contributed by atoms with Crippen LogP contribution < -0.4 is 10.9 Å². The van der Waals surface area contributed by atoms with E-state index in [0.29, 0.717) is 31.6 Å². The third kappa shape index (κ3) is 7.88. The molecule has 0 saturated heterocycles. The number of carbonyl (C=O) groups excluding carboxylic acids is 3. The molecule has 10 atom stereocenters. The summed E-state index contributed by atoms with van der Waals surface area (Å²) in [6, 6.07) is 2.11. The number of esters is 2. The SMILES string of the molecule is CC(=O)O[C@H]1C[C@]2(O)[C@@H]3CC[C@@H]4C[C@@H](OC(=O)CCCCCCC(=O)N[C@@H](Cc5cncn5C)C(=O)O)CC[C@]4(C)[C@H]3CC[C@]2(C)[C@H]1c1ccc(=O)oc1.